The SMILES string of the molecule is O=C(Nc1cccc(F)c1)[C@@H]1[C@H](C(=O)O)[C@H]2C=C[C@H]1O2. The minimum Gasteiger partial charge on any atom is -0.481 e. The van der Waals surface area contributed by atoms with Crippen molar-refractivity contribution in [1.82, 2.24) is 0 Å². The molecule has 0 aliphatic carbocycles. The zero-order valence-electron chi connectivity index (χ0n) is 10.3. The van der Waals surface area contributed by atoms with Gasteiger partial charge in [0.25, 0.3) is 0 Å². The van der Waals surface area contributed by atoms with Crippen LogP contribution in [0.5, 0.6) is 0 Å². The van der Waals surface area contributed by atoms with E-state index in [9.17, 15) is 19.1 Å². The molecule has 1 aromatic carbocycles. The largest absolute Gasteiger partial charge is 0.481 e. The number of hydrogen-bond acceptors (Lipinski definition) is 3. The van der Waals surface area contributed by atoms with E-state index in [0.717, 1.165) is 0 Å². The summed E-state index contributed by atoms with van der Waals surface area (Å²) in [6, 6.07) is 5.45. The summed E-state index contributed by atoms with van der Waals surface area (Å²) in [6.07, 6.45) is 2.26. The van der Waals surface area contributed by atoms with Crippen molar-refractivity contribution in [3.05, 3.63) is 42.2 Å². The third kappa shape index (κ3) is 2.08. The van der Waals surface area contributed by atoms with Crippen molar-refractivity contribution >= 4 is 17.6 Å². The topological polar surface area (TPSA) is 75.6 Å². The van der Waals surface area contributed by atoms with E-state index in [1.54, 1.807) is 18.2 Å². The lowest BCUT2D eigenvalue weighted by molar-refractivity contribution is -0.145. The Balaban J connectivity index is 1.80. The molecule has 1 aromatic rings. The Morgan fingerprint density at radius 1 is 1.20 bits per heavy atom. The van der Waals surface area contributed by atoms with E-state index in [1.807, 2.05) is 0 Å². The number of carbonyl (C=O) groups excluding carboxylic acids is 1. The fourth-order valence-corrected chi connectivity index (χ4v) is 2.71. The second kappa shape index (κ2) is 4.72. The van der Waals surface area contributed by atoms with Gasteiger partial charge in [-0.3, -0.25) is 9.59 Å². The maximum atomic E-state index is 13.1. The van der Waals surface area contributed by atoms with E-state index < -0.39 is 41.7 Å². The summed E-state index contributed by atoms with van der Waals surface area (Å²) < 4.78 is 18.5. The first-order chi connectivity index (χ1) is 9.56. The molecule has 1 amide bonds. The number of anilines is 1. The van der Waals surface area contributed by atoms with Crippen molar-refractivity contribution in [3.8, 4) is 0 Å². The Labute approximate surface area is 114 Å². The molecular weight excluding hydrogens is 265 g/mol. The average Bonchev–Trinajstić information content (AvgIpc) is 2.98. The van der Waals surface area contributed by atoms with Crippen LogP contribution in [0, 0.1) is 17.7 Å². The van der Waals surface area contributed by atoms with E-state index >= 15 is 0 Å². The van der Waals surface area contributed by atoms with Crippen molar-refractivity contribution in [2.24, 2.45) is 11.8 Å². The number of amides is 1. The summed E-state index contributed by atoms with van der Waals surface area (Å²) in [4.78, 5) is 23.5. The molecule has 0 radical (unpaired) electrons. The molecule has 0 aromatic heterocycles. The Morgan fingerprint density at radius 3 is 2.55 bits per heavy atom. The molecule has 0 unspecified atom stereocenters. The summed E-state index contributed by atoms with van der Waals surface area (Å²) in [7, 11) is 0. The highest BCUT2D eigenvalue weighted by Crippen LogP contribution is 2.39. The number of nitrogens with one attached hydrogen (secondary N) is 1. The smallest absolute Gasteiger partial charge is 0.310 e. The number of halogens is 1. The van der Waals surface area contributed by atoms with Gasteiger partial charge in [0, 0.05) is 5.69 Å². The van der Waals surface area contributed by atoms with Gasteiger partial charge in [-0.05, 0) is 18.2 Å². The number of carboxylic acids is 1. The fourth-order valence-electron chi connectivity index (χ4n) is 2.71. The molecule has 0 saturated carbocycles. The molecule has 5 nitrogen and oxygen atoms in total. The van der Waals surface area contributed by atoms with Crippen molar-refractivity contribution in [3.63, 3.8) is 0 Å². The van der Waals surface area contributed by atoms with Crippen molar-refractivity contribution < 1.29 is 23.8 Å². The first-order valence-electron chi connectivity index (χ1n) is 6.19. The number of aliphatic carboxylic acids is 1. The number of benzene rings is 1. The molecule has 104 valence electrons. The molecule has 4 atom stereocenters. The van der Waals surface area contributed by atoms with Crippen LogP contribution >= 0.6 is 0 Å². The number of ether oxygens (including phenoxy) is 1. The summed E-state index contributed by atoms with van der Waals surface area (Å²) in [6.45, 7) is 0. The number of carboxylic acid groups (broad SMARTS) is 1. The summed E-state index contributed by atoms with van der Waals surface area (Å²) in [5.74, 6) is -3.72. The van der Waals surface area contributed by atoms with Crippen LogP contribution in [0.2, 0.25) is 0 Å². The summed E-state index contributed by atoms with van der Waals surface area (Å²) in [5, 5.41) is 11.7. The zero-order chi connectivity index (χ0) is 14.3. The highest BCUT2D eigenvalue weighted by molar-refractivity contribution is 5.96. The molecule has 2 N–H and O–H groups in total. The van der Waals surface area contributed by atoms with Crippen LogP contribution in [-0.2, 0) is 14.3 Å². The first kappa shape index (κ1) is 12.8. The number of hydrogen-bond donors (Lipinski definition) is 2. The van der Waals surface area contributed by atoms with Gasteiger partial charge in [0.1, 0.15) is 11.7 Å². The molecule has 2 aliphatic heterocycles. The molecule has 6 heteroatoms. The van der Waals surface area contributed by atoms with Gasteiger partial charge in [0.05, 0.1) is 18.1 Å². The molecule has 1 fully saturated rings. The third-order valence-corrected chi connectivity index (χ3v) is 3.58. The second-order valence-electron chi connectivity index (χ2n) is 4.84. The van der Waals surface area contributed by atoms with Gasteiger partial charge in [-0.1, -0.05) is 18.2 Å². The van der Waals surface area contributed by atoms with E-state index in [0.29, 0.717) is 5.69 Å². The minimum absolute atomic E-state index is 0.297. The lowest BCUT2D eigenvalue weighted by atomic mass is 9.82. The maximum Gasteiger partial charge on any atom is 0.310 e. The van der Waals surface area contributed by atoms with Gasteiger partial charge in [0.15, 0.2) is 0 Å². The quantitative estimate of drug-likeness (QED) is 0.819. The van der Waals surface area contributed by atoms with Crippen LogP contribution in [0.4, 0.5) is 10.1 Å². The Kier molecular flexibility index (Phi) is 3.02. The van der Waals surface area contributed by atoms with E-state index in [2.05, 4.69) is 5.32 Å². The van der Waals surface area contributed by atoms with Crippen LogP contribution in [-0.4, -0.2) is 29.2 Å². The van der Waals surface area contributed by atoms with Gasteiger partial charge < -0.3 is 15.2 Å². The lowest BCUT2D eigenvalue weighted by Gasteiger charge is -2.20. The van der Waals surface area contributed by atoms with E-state index in [1.165, 1.54) is 18.2 Å². The number of fused-ring (bicyclic) bond motifs is 2. The molecule has 2 heterocycles. The number of carbonyl (C=O) groups is 2. The number of rotatable bonds is 3. The van der Waals surface area contributed by atoms with Gasteiger partial charge in [-0.2, -0.15) is 0 Å². The zero-order valence-corrected chi connectivity index (χ0v) is 10.3. The average molecular weight is 277 g/mol. The molecule has 2 bridgehead atoms. The molecule has 20 heavy (non-hydrogen) atoms. The minimum atomic E-state index is -1.07. The lowest BCUT2D eigenvalue weighted by Crippen LogP contribution is -2.39. The van der Waals surface area contributed by atoms with Gasteiger partial charge in [0.2, 0.25) is 5.91 Å². The molecule has 0 spiro atoms. The first-order valence-corrected chi connectivity index (χ1v) is 6.19. The maximum absolute atomic E-state index is 13.1. The monoisotopic (exact) mass is 277 g/mol. The summed E-state index contributed by atoms with van der Waals surface area (Å²) in [5.41, 5.74) is 0.297. The van der Waals surface area contributed by atoms with Gasteiger partial charge in [-0.15, -0.1) is 0 Å². The van der Waals surface area contributed by atoms with Crippen molar-refractivity contribution in [2.45, 2.75) is 12.2 Å². The Bertz CT molecular complexity index is 601. The Hall–Kier alpha value is -2.21. The summed E-state index contributed by atoms with van der Waals surface area (Å²) >= 11 is 0. The van der Waals surface area contributed by atoms with Crippen LogP contribution in [0.15, 0.2) is 36.4 Å². The fraction of sp³-hybridized carbons (Fsp3) is 0.286. The van der Waals surface area contributed by atoms with Crippen LogP contribution in [0.25, 0.3) is 0 Å². The molecule has 3 rings (SSSR count). The molecule has 2 aliphatic rings. The highest BCUT2D eigenvalue weighted by Gasteiger charge is 2.53. The van der Waals surface area contributed by atoms with Crippen molar-refractivity contribution in [2.75, 3.05) is 5.32 Å². The standard InChI is InChI=1S/C14H12FNO4/c15-7-2-1-3-8(6-7)16-13(17)11-9-4-5-10(20-9)12(11)14(18)19/h1-6,9-12H,(H,16,17)(H,18,19)/t9-,10-,11+,12-/m1/s1. The Morgan fingerprint density at radius 2 is 1.90 bits per heavy atom. The van der Waals surface area contributed by atoms with Crippen LogP contribution in [0.3, 0.4) is 0 Å². The van der Waals surface area contributed by atoms with E-state index in [-0.39, 0.29) is 0 Å². The van der Waals surface area contributed by atoms with Crippen LogP contribution in [0.1, 0.15) is 0 Å². The third-order valence-electron chi connectivity index (χ3n) is 3.58. The van der Waals surface area contributed by atoms with Gasteiger partial charge >= 0.3 is 5.97 Å². The molecule has 1 saturated heterocycles. The second-order valence-corrected chi connectivity index (χ2v) is 4.84. The van der Waals surface area contributed by atoms with Crippen LogP contribution < -0.4 is 5.32 Å². The highest BCUT2D eigenvalue weighted by atomic mass is 19.1. The molecular formula is C14H12FNO4. The van der Waals surface area contributed by atoms with Crippen molar-refractivity contribution in [1.29, 1.82) is 0 Å². The predicted octanol–water partition coefficient (Wildman–Crippen LogP) is 1.42. The van der Waals surface area contributed by atoms with Gasteiger partial charge in [-0.25, -0.2) is 4.39 Å². The normalized spacial score (nSPS) is 30.4. The predicted molar refractivity (Wildman–Crippen MR) is 67.4 cm³/mol. The van der Waals surface area contributed by atoms with E-state index in [4.69, 9.17) is 4.74 Å².